The van der Waals surface area contributed by atoms with E-state index < -0.39 is 11.7 Å². The van der Waals surface area contributed by atoms with Gasteiger partial charge in [0.05, 0.1) is 25.1 Å². The average molecular weight is 530 g/mol. The van der Waals surface area contributed by atoms with E-state index in [-0.39, 0.29) is 48.4 Å². The van der Waals surface area contributed by atoms with Gasteiger partial charge in [0.2, 0.25) is 5.88 Å². The molecule has 1 aliphatic rings. The van der Waals surface area contributed by atoms with E-state index in [4.69, 9.17) is 9.47 Å². The van der Waals surface area contributed by atoms with Crippen molar-refractivity contribution in [1.29, 1.82) is 0 Å². The van der Waals surface area contributed by atoms with E-state index in [9.17, 15) is 18.0 Å². The first-order valence-corrected chi connectivity index (χ1v) is 9.12. The number of aliphatic imine (C=N–C) groups is 1. The minimum atomic E-state index is -4.42. The molecule has 1 N–H and O–H groups in total. The van der Waals surface area contributed by atoms with Gasteiger partial charge in [-0.2, -0.15) is 13.2 Å². The number of nitrogens with zero attached hydrogens (tertiary/aromatic N) is 3. The number of ether oxygens (including phenoxy) is 2. The fourth-order valence-corrected chi connectivity index (χ4v) is 2.85. The van der Waals surface area contributed by atoms with Gasteiger partial charge in [-0.15, -0.1) is 24.0 Å². The first-order chi connectivity index (χ1) is 13.3. The first kappa shape index (κ1) is 25.2. The summed E-state index contributed by atoms with van der Waals surface area (Å²) in [4.78, 5) is 21.8. The molecule has 0 spiro atoms. The topological polar surface area (TPSA) is 76.1 Å². The zero-order valence-corrected chi connectivity index (χ0v) is 18.7. The number of aromatic nitrogens is 1. The summed E-state index contributed by atoms with van der Waals surface area (Å²) < 4.78 is 47.7. The van der Waals surface area contributed by atoms with Crippen LogP contribution in [0.25, 0.3) is 0 Å². The van der Waals surface area contributed by atoms with E-state index in [0.717, 1.165) is 18.2 Å². The third-order valence-electron chi connectivity index (χ3n) is 4.33. The van der Waals surface area contributed by atoms with Gasteiger partial charge < -0.3 is 19.7 Å². The van der Waals surface area contributed by atoms with Crippen LogP contribution in [-0.2, 0) is 15.7 Å². The summed E-state index contributed by atoms with van der Waals surface area (Å²) in [6.07, 6.45) is -2.28. The molecule has 164 valence electrons. The van der Waals surface area contributed by atoms with Crippen LogP contribution < -0.4 is 10.1 Å². The third kappa shape index (κ3) is 7.86. The molecule has 1 aliphatic heterocycles. The molecule has 0 amide bonds. The minimum Gasteiger partial charge on any atom is -0.476 e. The maximum atomic E-state index is 12.5. The average Bonchev–Trinajstić information content (AvgIpc) is 2.69. The van der Waals surface area contributed by atoms with Crippen molar-refractivity contribution in [2.24, 2.45) is 10.9 Å². The van der Waals surface area contributed by atoms with E-state index >= 15 is 0 Å². The quantitative estimate of drug-likeness (QED) is 0.201. The first-order valence-electron chi connectivity index (χ1n) is 9.12. The number of methoxy groups -OCH3 is 1. The molecule has 0 atom stereocenters. The van der Waals surface area contributed by atoms with Gasteiger partial charge in [-0.25, -0.2) is 9.98 Å². The highest BCUT2D eigenvalue weighted by Crippen LogP contribution is 2.29. The molecule has 29 heavy (non-hydrogen) atoms. The highest BCUT2D eigenvalue weighted by Gasteiger charge is 2.30. The van der Waals surface area contributed by atoms with Gasteiger partial charge in [-0.1, -0.05) is 0 Å². The van der Waals surface area contributed by atoms with Crippen LogP contribution in [0, 0.1) is 5.92 Å². The van der Waals surface area contributed by atoms with Gasteiger partial charge >= 0.3 is 12.1 Å². The molecule has 1 aromatic heterocycles. The van der Waals surface area contributed by atoms with Crippen molar-refractivity contribution in [3.8, 4) is 5.88 Å². The fraction of sp³-hybridized carbons (Fsp3) is 0.611. The van der Waals surface area contributed by atoms with Crippen LogP contribution >= 0.6 is 24.0 Å². The molecule has 0 bridgehead atoms. The smallest absolute Gasteiger partial charge is 0.417 e. The van der Waals surface area contributed by atoms with Crippen molar-refractivity contribution in [1.82, 2.24) is 15.2 Å². The zero-order valence-electron chi connectivity index (χ0n) is 16.4. The van der Waals surface area contributed by atoms with Crippen LogP contribution in [0.2, 0.25) is 0 Å². The van der Waals surface area contributed by atoms with Gasteiger partial charge in [-0.3, -0.25) is 4.79 Å². The zero-order chi connectivity index (χ0) is 20.6. The number of halogens is 4. The van der Waals surface area contributed by atoms with Crippen molar-refractivity contribution in [2.75, 3.05) is 39.9 Å². The molecule has 1 saturated heterocycles. The third-order valence-corrected chi connectivity index (χ3v) is 4.33. The number of pyridine rings is 1. The van der Waals surface area contributed by atoms with Crippen molar-refractivity contribution < 1.29 is 27.4 Å². The SMILES string of the molecule is CCNC(=NCCOc1ccc(C(F)(F)F)cn1)N1CCC(C(=O)OC)CC1.I. The lowest BCUT2D eigenvalue weighted by Gasteiger charge is -2.33. The van der Waals surface area contributed by atoms with Gasteiger partial charge in [0.1, 0.15) is 6.61 Å². The Balaban J connectivity index is 0.00000420. The monoisotopic (exact) mass is 530 g/mol. The number of rotatable bonds is 6. The predicted molar refractivity (Wildman–Crippen MR) is 112 cm³/mol. The van der Waals surface area contributed by atoms with E-state index in [1.165, 1.54) is 13.2 Å². The normalized spacial score (nSPS) is 15.5. The number of esters is 1. The van der Waals surface area contributed by atoms with Crippen LogP contribution in [0.4, 0.5) is 13.2 Å². The Hall–Kier alpha value is -1.79. The van der Waals surface area contributed by atoms with Crippen molar-refractivity contribution in [3.05, 3.63) is 23.9 Å². The Labute approximate surface area is 185 Å². The lowest BCUT2D eigenvalue weighted by molar-refractivity contribution is -0.146. The van der Waals surface area contributed by atoms with E-state index in [1.807, 2.05) is 6.92 Å². The lowest BCUT2D eigenvalue weighted by atomic mass is 9.97. The van der Waals surface area contributed by atoms with Crippen LogP contribution in [0.5, 0.6) is 5.88 Å². The standard InChI is InChI=1S/C18H25F3N4O3.HI/c1-3-22-17(25-9-6-13(7-10-25)16(26)27-2)23-8-11-28-15-5-4-14(12-24-15)18(19,20)21;/h4-5,12-13H,3,6-11H2,1-2H3,(H,22,23);1H. The van der Waals surface area contributed by atoms with E-state index in [1.54, 1.807) is 0 Å². The van der Waals surface area contributed by atoms with Crippen molar-refractivity contribution >= 4 is 35.9 Å². The number of alkyl halides is 3. The summed E-state index contributed by atoms with van der Waals surface area (Å²) in [7, 11) is 1.39. The number of hydrogen-bond donors (Lipinski definition) is 1. The Morgan fingerprint density at radius 3 is 2.55 bits per heavy atom. The molecule has 11 heteroatoms. The van der Waals surface area contributed by atoms with E-state index in [2.05, 4.69) is 20.2 Å². The Kier molecular flexibility index (Phi) is 10.5. The van der Waals surface area contributed by atoms with E-state index in [0.29, 0.717) is 39.0 Å². The highest BCUT2D eigenvalue weighted by atomic mass is 127. The van der Waals surface area contributed by atoms with Crippen LogP contribution in [0.1, 0.15) is 25.3 Å². The molecular formula is C18H26F3IN4O3. The molecule has 1 aromatic rings. The number of hydrogen-bond acceptors (Lipinski definition) is 5. The molecule has 0 aromatic carbocycles. The maximum absolute atomic E-state index is 12.5. The van der Waals surface area contributed by atoms with Crippen molar-refractivity contribution in [3.63, 3.8) is 0 Å². The van der Waals surface area contributed by atoms with Crippen LogP contribution in [-0.4, -0.2) is 61.7 Å². The Morgan fingerprint density at radius 1 is 1.34 bits per heavy atom. The Bertz CT molecular complexity index is 663. The maximum Gasteiger partial charge on any atom is 0.417 e. The summed E-state index contributed by atoms with van der Waals surface area (Å²) in [5.74, 6) is 0.569. The highest BCUT2D eigenvalue weighted by molar-refractivity contribution is 14.0. The molecule has 2 heterocycles. The molecule has 0 saturated carbocycles. The molecule has 0 unspecified atom stereocenters. The number of carbonyl (C=O) groups excluding carboxylic acids is 1. The molecular weight excluding hydrogens is 504 g/mol. The number of guanidine groups is 1. The Morgan fingerprint density at radius 2 is 2.03 bits per heavy atom. The minimum absolute atomic E-state index is 0. The van der Waals surface area contributed by atoms with Crippen LogP contribution in [0.3, 0.4) is 0 Å². The second kappa shape index (κ2) is 12.0. The predicted octanol–water partition coefficient (Wildman–Crippen LogP) is 2.95. The lowest BCUT2D eigenvalue weighted by Crippen LogP contribution is -2.46. The summed E-state index contributed by atoms with van der Waals surface area (Å²) in [6.45, 7) is 4.53. The summed E-state index contributed by atoms with van der Waals surface area (Å²) in [5.41, 5.74) is -0.817. The number of likely N-dealkylation sites (tertiary alicyclic amines) is 1. The second-order valence-electron chi connectivity index (χ2n) is 6.25. The number of piperidine rings is 1. The summed E-state index contributed by atoms with van der Waals surface area (Å²) in [5, 5.41) is 3.20. The molecule has 1 fully saturated rings. The summed E-state index contributed by atoms with van der Waals surface area (Å²) in [6, 6.07) is 2.12. The van der Waals surface area contributed by atoms with Gasteiger partial charge in [0.25, 0.3) is 0 Å². The van der Waals surface area contributed by atoms with Crippen LogP contribution in [0.15, 0.2) is 23.3 Å². The van der Waals surface area contributed by atoms with Gasteiger partial charge in [0, 0.05) is 31.9 Å². The fourth-order valence-electron chi connectivity index (χ4n) is 2.85. The second-order valence-corrected chi connectivity index (χ2v) is 6.25. The number of nitrogens with one attached hydrogen (secondary N) is 1. The largest absolute Gasteiger partial charge is 0.476 e. The molecule has 0 radical (unpaired) electrons. The van der Waals surface area contributed by atoms with Gasteiger partial charge in [0.15, 0.2) is 5.96 Å². The number of carbonyl (C=O) groups is 1. The molecule has 2 rings (SSSR count). The van der Waals surface area contributed by atoms with Gasteiger partial charge in [-0.05, 0) is 25.8 Å². The molecule has 0 aliphatic carbocycles. The summed E-state index contributed by atoms with van der Waals surface area (Å²) >= 11 is 0. The van der Waals surface area contributed by atoms with Crippen molar-refractivity contribution in [2.45, 2.75) is 25.9 Å². The molecule has 7 nitrogen and oxygen atoms in total.